The lowest BCUT2D eigenvalue weighted by Gasteiger charge is -2.16. The van der Waals surface area contributed by atoms with Crippen molar-refractivity contribution >= 4 is 56.8 Å². The van der Waals surface area contributed by atoms with Crippen molar-refractivity contribution in [3.63, 3.8) is 0 Å². The molecular formula is C22H23BrN2O3S. The molecule has 7 heteroatoms. The molecular weight excluding hydrogens is 452 g/mol. The number of nitrogens with zero attached hydrogens (tertiary/aromatic N) is 1. The number of amides is 3. The summed E-state index contributed by atoms with van der Waals surface area (Å²) in [5.41, 5.74) is 3.61. The van der Waals surface area contributed by atoms with Crippen LogP contribution in [0.15, 0.2) is 46.9 Å². The molecule has 1 aliphatic heterocycles. The number of hydrogen-bond acceptors (Lipinski definition) is 4. The molecule has 1 unspecified atom stereocenters. The highest BCUT2D eigenvalue weighted by Gasteiger charge is 2.40. The van der Waals surface area contributed by atoms with Gasteiger partial charge in [-0.1, -0.05) is 48.0 Å². The van der Waals surface area contributed by atoms with E-state index in [4.69, 9.17) is 0 Å². The maximum atomic E-state index is 12.7. The van der Waals surface area contributed by atoms with Crippen LogP contribution in [0.3, 0.4) is 0 Å². The van der Waals surface area contributed by atoms with Crippen LogP contribution < -0.4 is 10.2 Å². The van der Waals surface area contributed by atoms with Crippen molar-refractivity contribution in [2.45, 2.75) is 38.4 Å². The van der Waals surface area contributed by atoms with Crippen molar-refractivity contribution < 1.29 is 14.4 Å². The van der Waals surface area contributed by atoms with E-state index in [-0.39, 0.29) is 29.9 Å². The highest BCUT2D eigenvalue weighted by molar-refractivity contribution is 9.10. The van der Waals surface area contributed by atoms with E-state index in [0.717, 1.165) is 34.1 Å². The summed E-state index contributed by atoms with van der Waals surface area (Å²) in [6.07, 6.45) is 1.77. The van der Waals surface area contributed by atoms with E-state index in [1.807, 2.05) is 18.2 Å². The maximum absolute atomic E-state index is 12.7. The van der Waals surface area contributed by atoms with E-state index >= 15 is 0 Å². The normalized spacial score (nSPS) is 16.4. The van der Waals surface area contributed by atoms with E-state index in [1.54, 1.807) is 24.3 Å². The number of anilines is 2. The quantitative estimate of drug-likeness (QED) is 0.596. The second kappa shape index (κ2) is 9.59. The van der Waals surface area contributed by atoms with Crippen molar-refractivity contribution in [2.24, 2.45) is 0 Å². The van der Waals surface area contributed by atoms with Crippen LogP contribution >= 0.6 is 27.7 Å². The Morgan fingerprint density at radius 3 is 2.31 bits per heavy atom. The Balaban J connectivity index is 1.63. The molecule has 3 rings (SSSR count). The monoisotopic (exact) mass is 474 g/mol. The predicted octanol–water partition coefficient (Wildman–Crippen LogP) is 4.58. The van der Waals surface area contributed by atoms with E-state index in [1.165, 1.54) is 16.7 Å². The number of para-hydroxylation sites is 1. The molecule has 0 aliphatic carbocycles. The molecule has 1 aliphatic rings. The SMILES string of the molecule is CCc1cccc(CC)c1NC(=O)CSC1CC(=O)N(c2ccc(Br)cc2)C1=O. The van der Waals surface area contributed by atoms with Gasteiger partial charge >= 0.3 is 0 Å². The fourth-order valence-corrected chi connectivity index (χ4v) is 4.55. The number of hydrogen-bond donors (Lipinski definition) is 1. The highest BCUT2D eigenvalue weighted by atomic mass is 79.9. The zero-order chi connectivity index (χ0) is 21.0. The Morgan fingerprint density at radius 2 is 1.72 bits per heavy atom. The molecule has 0 radical (unpaired) electrons. The standard InChI is InChI=1S/C22H23BrN2O3S/c1-3-14-6-5-7-15(4-2)21(14)24-19(26)13-29-18-12-20(27)25(22(18)28)17-10-8-16(23)9-11-17/h5-11,18H,3-4,12-13H2,1-2H3,(H,24,26). The van der Waals surface area contributed by atoms with E-state index in [9.17, 15) is 14.4 Å². The number of halogens is 1. The van der Waals surface area contributed by atoms with Gasteiger partial charge in [0, 0.05) is 16.6 Å². The van der Waals surface area contributed by atoms with Gasteiger partial charge in [0.2, 0.25) is 17.7 Å². The Labute approximate surface area is 183 Å². The molecule has 0 spiro atoms. The smallest absolute Gasteiger partial charge is 0.247 e. The van der Waals surface area contributed by atoms with Crippen LogP contribution in [-0.2, 0) is 27.2 Å². The van der Waals surface area contributed by atoms with Gasteiger partial charge in [-0.25, -0.2) is 4.90 Å². The highest BCUT2D eigenvalue weighted by Crippen LogP contribution is 2.31. The number of aryl methyl sites for hydroxylation is 2. The molecule has 1 fully saturated rings. The first-order valence-corrected chi connectivity index (χ1v) is 11.4. The average Bonchev–Trinajstić information content (AvgIpc) is 3.00. The van der Waals surface area contributed by atoms with Crippen LogP contribution in [0.2, 0.25) is 0 Å². The van der Waals surface area contributed by atoms with Gasteiger partial charge in [-0.2, -0.15) is 0 Å². The minimum absolute atomic E-state index is 0.110. The third-order valence-corrected chi connectivity index (χ3v) is 6.60. The third kappa shape index (κ3) is 4.90. The molecule has 3 amide bonds. The molecule has 1 atom stereocenters. The van der Waals surface area contributed by atoms with E-state index in [0.29, 0.717) is 5.69 Å². The summed E-state index contributed by atoms with van der Waals surface area (Å²) in [6, 6.07) is 13.1. The first-order valence-electron chi connectivity index (χ1n) is 9.59. The molecule has 2 aromatic carbocycles. The molecule has 0 bridgehead atoms. The summed E-state index contributed by atoms with van der Waals surface area (Å²) in [5, 5.41) is 2.47. The van der Waals surface area contributed by atoms with Crippen LogP contribution in [0.25, 0.3) is 0 Å². The molecule has 1 N–H and O–H groups in total. The van der Waals surface area contributed by atoms with Gasteiger partial charge in [0.05, 0.1) is 16.7 Å². The topological polar surface area (TPSA) is 66.5 Å². The second-order valence-corrected chi connectivity index (χ2v) is 8.86. The fraction of sp³-hybridized carbons (Fsp3) is 0.318. The summed E-state index contributed by atoms with van der Waals surface area (Å²) < 4.78 is 0.877. The summed E-state index contributed by atoms with van der Waals surface area (Å²) in [6.45, 7) is 4.11. The largest absolute Gasteiger partial charge is 0.325 e. The van der Waals surface area contributed by atoms with E-state index < -0.39 is 5.25 Å². The zero-order valence-electron chi connectivity index (χ0n) is 16.4. The van der Waals surface area contributed by atoms with Gasteiger partial charge in [-0.3, -0.25) is 14.4 Å². The van der Waals surface area contributed by atoms with E-state index in [2.05, 4.69) is 35.1 Å². The summed E-state index contributed by atoms with van der Waals surface area (Å²) >= 11 is 4.57. The van der Waals surface area contributed by atoms with Crippen molar-refractivity contribution in [3.05, 3.63) is 58.1 Å². The predicted molar refractivity (Wildman–Crippen MR) is 121 cm³/mol. The molecule has 1 heterocycles. The first-order chi connectivity index (χ1) is 13.9. The Bertz CT molecular complexity index is 908. The van der Waals surface area contributed by atoms with Crippen molar-refractivity contribution in [1.82, 2.24) is 0 Å². The Kier molecular flexibility index (Phi) is 7.14. The van der Waals surface area contributed by atoms with Gasteiger partial charge in [0.15, 0.2) is 0 Å². The summed E-state index contributed by atoms with van der Waals surface area (Å²) in [4.78, 5) is 38.8. The average molecular weight is 475 g/mol. The summed E-state index contributed by atoms with van der Waals surface area (Å²) in [5.74, 6) is -0.537. The number of benzene rings is 2. The number of nitrogens with one attached hydrogen (secondary N) is 1. The Hall–Kier alpha value is -2.12. The van der Waals surface area contributed by atoms with Crippen LogP contribution in [-0.4, -0.2) is 28.7 Å². The Morgan fingerprint density at radius 1 is 1.10 bits per heavy atom. The fourth-order valence-electron chi connectivity index (χ4n) is 3.35. The minimum atomic E-state index is -0.538. The lowest BCUT2D eigenvalue weighted by atomic mass is 10.0. The minimum Gasteiger partial charge on any atom is -0.325 e. The van der Waals surface area contributed by atoms with Crippen molar-refractivity contribution in [3.8, 4) is 0 Å². The van der Waals surface area contributed by atoms with Crippen molar-refractivity contribution in [2.75, 3.05) is 16.0 Å². The molecule has 0 saturated carbocycles. The van der Waals surface area contributed by atoms with Gasteiger partial charge in [-0.05, 0) is 48.2 Å². The van der Waals surface area contributed by atoms with Crippen LogP contribution in [0, 0.1) is 0 Å². The van der Waals surface area contributed by atoms with Gasteiger partial charge in [0.25, 0.3) is 0 Å². The van der Waals surface area contributed by atoms with Crippen LogP contribution in [0.4, 0.5) is 11.4 Å². The molecule has 2 aromatic rings. The molecule has 152 valence electrons. The number of carbonyl (C=O) groups is 3. The number of rotatable bonds is 7. The first kappa shape index (κ1) is 21.6. The van der Waals surface area contributed by atoms with Crippen LogP contribution in [0.5, 0.6) is 0 Å². The number of carbonyl (C=O) groups excluding carboxylic acids is 3. The lowest BCUT2D eigenvalue weighted by Crippen LogP contribution is -2.31. The van der Waals surface area contributed by atoms with Crippen LogP contribution in [0.1, 0.15) is 31.4 Å². The second-order valence-electron chi connectivity index (χ2n) is 6.75. The van der Waals surface area contributed by atoms with Gasteiger partial charge < -0.3 is 5.32 Å². The van der Waals surface area contributed by atoms with Crippen molar-refractivity contribution in [1.29, 1.82) is 0 Å². The summed E-state index contributed by atoms with van der Waals surface area (Å²) in [7, 11) is 0. The third-order valence-electron chi connectivity index (χ3n) is 4.87. The molecule has 5 nitrogen and oxygen atoms in total. The number of imide groups is 1. The van der Waals surface area contributed by atoms with Gasteiger partial charge in [-0.15, -0.1) is 11.8 Å². The molecule has 0 aromatic heterocycles. The molecule has 1 saturated heterocycles. The number of thioether (sulfide) groups is 1. The lowest BCUT2D eigenvalue weighted by molar-refractivity contribution is -0.121. The zero-order valence-corrected chi connectivity index (χ0v) is 18.8. The van der Waals surface area contributed by atoms with Gasteiger partial charge in [0.1, 0.15) is 0 Å². The molecule has 29 heavy (non-hydrogen) atoms. The maximum Gasteiger partial charge on any atom is 0.247 e.